The van der Waals surface area contributed by atoms with Gasteiger partial charge in [0.15, 0.2) is 11.3 Å². The third-order valence-electron chi connectivity index (χ3n) is 7.64. The van der Waals surface area contributed by atoms with Gasteiger partial charge in [0, 0.05) is 12.3 Å². The van der Waals surface area contributed by atoms with Crippen molar-refractivity contribution in [3.8, 4) is 0 Å². The molecule has 0 bridgehead atoms. The average molecular weight is 518 g/mol. The molecule has 0 aromatic carbocycles. The van der Waals surface area contributed by atoms with Gasteiger partial charge in [0.05, 0.1) is 23.6 Å². The number of hydrogen-bond donors (Lipinski definition) is 2. The number of imidazole rings is 1. The summed E-state index contributed by atoms with van der Waals surface area (Å²) in [5.41, 5.74) is 2.23. The number of hydrogen-bond acceptors (Lipinski definition) is 7. The van der Waals surface area contributed by atoms with Gasteiger partial charge in [0.1, 0.15) is 11.7 Å². The topological polar surface area (TPSA) is 127 Å². The molecule has 0 spiro atoms. The Morgan fingerprint density at radius 2 is 1.95 bits per heavy atom. The largest absolute Gasteiger partial charge is 0.408 e. The van der Waals surface area contributed by atoms with Crippen molar-refractivity contribution in [2.24, 2.45) is 23.7 Å². The number of carbonyl (C=O) groups excluding carboxylic acids is 2. The van der Waals surface area contributed by atoms with E-state index in [0.717, 1.165) is 25.7 Å². The van der Waals surface area contributed by atoms with E-state index in [1.807, 2.05) is 5.32 Å². The van der Waals surface area contributed by atoms with Crippen LogP contribution in [0.2, 0.25) is 0 Å². The Hall–Kier alpha value is -3.51. The highest BCUT2D eigenvalue weighted by Crippen LogP contribution is 2.54. The molecule has 6 rings (SSSR count). The molecule has 0 unspecified atom stereocenters. The van der Waals surface area contributed by atoms with E-state index in [0.29, 0.717) is 34.6 Å². The van der Waals surface area contributed by atoms with Gasteiger partial charge in [-0.3, -0.25) is 9.59 Å². The number of aryl methyl sites for hydroxylation is 1. The average Bonchev–Trinajstić information content (AvgIpc) is 3.74. The van der Waals surface area contributed by atoms with Crippen LogP contribution in [-0.2, 0) is 11.2 Å². The van der Waals surface area contributed by atoms with Crippen LogP contribution in [0.15, 0.2) is 23.0 Å². The number of fused-ring (bicyclic) bond motifs is 1. The highest BCUT2D eigenvalue weighted by atomic mass is 19.4. The molecule has 1 saturated heterocycles. The molecule has 3 fully saturated rings. The van der Waals surface area contributed by atoms with Gasteiger partial charge in [0.25, 0.3) is 5.91 Å². The maximum atomic E-state index is 13.0. The summed E-state index contributed by atoms with van der Waals surface area (Å²) in [6, 6.07) is 1.22. The third-order valence-corrected chi connectivity index (χ3v) is 7.64. The van der Waals surface area contributed by atoms with Crippen molar-refractivity contribution in [2.75, 3.05) is 0 Å². The number of carbonyl (C=O) groups is 2. The second-order valence-electron chi connectivity index (χ2n) is 10.4. The highest BCUT2D eigenvalue weighted by Gasteiger charge is 2.48. The summed E-state index contributed by atoms with van der Waals surface area (Å²) >= 11 is 0. The summed E-state index contributed by atoms with van der Waals surface area (Å²) in [5.74, 6) is -0.565. The summed E-state index contributed by atoms with van der Waals surface area (Å²) in [5, 5.41) is 17.1. The first kappa shape index (κ1) is 23.9. The Kier molecular flexibility index (Phi) is 5.68. The summed E-state index contributed by atoms with van der Waals surface area (Å²) in [6.07, 6.45) is 1.49. The van der Waals surface area contributed by atoms with Crippen LogP contribution in [0.3, 0.4) is 0 Å². The zero-order valence-electron chi connectivity index (χ0n) is 20.0. The fourth-order valence-electron chi connectivity index (χ4n) is 5.49. The van der Waals surface area contributed by atoms with Crippen molar-refractivity contribution in [3.05, 3.63) is 41.1 Å². The van der Waals surface area contributed by atoms with Gasteiger partial charge in [-0.15, -0.1) is 0 Å². The van der Waals surface area contributed by atoms with Crippen LogP contribution in [-0.4, -0.2) is 48.9 Å². The van der Waals surface area contributed by atoms with E-state index in [2.05, 4.69) is 20.7 Å². The number of amides is 2. The Balaban J connectivity index is 1.26. The monoisotopic (exact) mass is 517 g/mol. The van der Waals surface area contributed by atoms with E-state index in [-0.39, 0.29) is 36.4 Å². The van der Waals surface area contributed by atoms with Crippen molar-refractivity contribution < 1.29 is 27.4 Å². The molecule has 196 valence electrons. The van der Waals surface area contributed by atoms with Gasteiger partial charge < -0.3 is 10.6 Å². The van der Waals surface area contributed by atoms with E-state index in [1.165, 1.54) is 0 Å². The molecule has 2 aliphatic carbocycles. The Morgan fingerprint density at radius 1 is 1.22 bits per heavy atom. The maximum Gasteiger partial charge on any atom is 0.408 e. The second-order valence-corrected chi connectivity index (χ2v) is 10.4. The van der Waals surface area contributed by atoms with E-state index >= 15 is 0 Å². The van der Waals surface area contributed by atoms with Gasteiger partial charge in [-0.1, -0.05) is 5.16 Å². The minimum atomic E-state index is -4.47. The summed E-state index contributed by atoms with van der Waals surface area (Å²) in [4.78, 5) is 29.9. The maximum absolute atomic E-state index is 13.0. The Labute approximate surface area is 209 Å². The SMILES string of the molecule is Cc1nonc1C(=O)N[C@H](c1cn2nc(C[C@H]3C[C@@H](C(F)(F)F)NC3=O)ccc2n1)C(C1CC1)C1CC1. The molecule has 3 aromatic rings. The van der Waals surface area contributed by atoms with Crippen LogP contribution in [0.5, 0.6) is 0 Å². The molecule has 3 aliphatic rings. The van der Waals surface area contributed by atoms with E-state index in [1.54, 1.807) is 29.8 Å². The lowest BCUT2D eigenvalue weighted by Gasteiger charge is -2.26. The molecule has 1 aliphatic heterocycles. The number of aromatic nitrogens is 5. The zero-order valence-corrected chi connectivity index (χ0v) is 20.0. The number of nitrogens with one attached hydrogen (secondary N) is 2. The second kappa shape index (κ2) is 8.80. The standard InChI is InChI=1S/C24H26F3N7O3/c1-11-20(33-37-32-11)23(36)30-21(19(12-2-3-12)13-4-5-13)16-10-34-18(28-16)7-6-15(31-34)8-14-9-17(24(25,26)27)29-22(14)35/h6-7,10,12-14,17,19,21H,2-5,8-9H2,1H3,(H,29,35)(H,30,36)/t14-,17-,21+/m0/s1. The third kappa shape index (κ3) is 4.78. The minimum absolute atomic E-state index is 0.0905. The van der Waals surface area contributed by atoms with Crippen molar-refractivity contribution >= 4 is 17.5 Å². The first-order valence-corrected chi connectivity index (χ1v) is 12.5. The predicted octanol–water partition coefficient (Wildman–Crippen LogP) is 2.94. The van der Waals surface area contributed by atoms with Crippen LogP contribution in [0.4, 0.5) is 13.2 Å². The number of halogens is 3. The van der Waals surface area contributed by atoms with Crippen LogP contribution in [0, 0.1) is 30.6 Å². The smallest absolute Gasteiger partial charge is 0.344 e. The molecule has 2 saturated carbocycles. The number of rotatable bonds is 8. The first-order valence-electron chi connectivity index (χ1n) is 12.5. The van der Waals surface area contributed by atoms with Crippen molar-refractivity contribution in [2.45, 2.75) is 63.7 Å². The molecule has 37 heavy (non-hydrogen) atoms. The quantitative estimate of drug-likeness (QED) is 0.470. The van der Waals surface area contributed by atoms with Crippen LogP contribution in [0.1, 0.15) is 65.7 Å². The molecular weight excluding hydrogens is 491 g/mol. The van der Waals surface area contributed by atoms with Gasteiger partial charge >= 0.3 is 6.18 Å². The summed E-state index contributed by atoms with van der Waals surface area (Å²) < 4.78 is 45.4. The lowest BCUT2D eigenvalue weighted by atomic mass is 9.87. The van der Waals surface area contributed by atoms with Gasteiger partial charge in [-0.2, -0.15) is 18.3 Å². The molecule has 0 radical (unpaired) electrons. The number of alkyl halides is 3. The van der Waals surface area contributed by atoms with E-state index < -0.39 is 24.0 Å². The van der Waals surface area contributed by atoms with Crippen LogP contribution >= 0.6 is 0 Å². The van der Waals surface area contributed by atoms with Crippen LogP contribution in [0.25, 0.3) is 5.65 Å². The molecule has 2 amide bonds. The predicted molar refractivity (Wildman–Crippen MR) is 121 cm³/mol. The van der Waals surface area contributed by atoms with Crippen molar-refractivity contribution in [3.63, 3.8) is 0 Å². The Bertz CT molecular complexity index is 1330. The molecule has 2 N–H and O–H groups in total. The van der Waals surface area contributed by atoms with Crippen LogP contribution < -0.4 is 10.6 Å². The molecule has 3 atom stereocenters. The molecule has 3 aromatic heterocycles. The van der Waals surface area contributed by atoms with Crippen molar-refractivity contribution in [1.82, 2.24) is 35.5 Å². The zero-order chi connectivity index (χ0) is 25.9. The molecule has 10 nitrogen and oxygen atoms in total. The summed E-state index contributed by atoms with van der Waals surface area (Å²) in [7, 11) is 0. The number of nitrogens with zero attached hydrogens (tertiary/aromatic N) is 5. The molecule has 4 heterocycles. The van der Waals surface area contributed by atoms with Gasteiger partial charge in [-0.25, -0.2) is 14.1 Å². The van der Waals surface area contributed by atoms with E-state index in [4.69, 9.17) is 9.61 Å². The fraction of sp³-hybridized carbons (Fsp3) is 0.583. The van der Waals surface area contributed by atoms with Crippen molar-refractivity contribution in [1.29, 1.82) is 0 Å². The normalized spacial score (nSPS) is 23.0. The molecule has 13 heteroatoms. The fourth-order valence-corrected chi connectivity index (χ4v) is 5.49. The Morgan fingerprint density at radius 3 is 2.54 bits per heavy atom. The van der Waals surface area contributed by atoms with Gasteiger partial charge in [-0.05, 0) is 74.1 Å². The minimum Gasteiger partial charge on any atom is -0.344 e. The lowest BCUT2D eigenvalue weighted by molar-refractivity contribution is -0.154. The first-order chi connectivity index (χ1) is 17.7. The summed E-state index contributed by atoms with van der Waals surface area (Å²) in [6.45, 7) is 1.65. The highest BCUT2D eigenvalue weighted by molar-refractivity contribution is 5.93. The molecular formula is C24H26F3N7O3. The van der Waals surface area contributed by atoms with Gasteiger partial charge in [0.2, 0.25) is 5.91 Å². The lowest BCUT2D eigenvalue weighted by Crippen LogP contribution is -2.38. The van der Waals surface area contributed by atoms with E-state index in [9.17, 15) is 22.8 Å².